The molecule has 1 aromatic heterocycles. The summed E-state index contributed by atoms with van der Waals surface area (Å²) in [6, 6.07) is 0. The summed E-state index contributed by atoms with van der Waals surface area (Å²) in [5.41, 5.74) is 0. The summed E-state index contributed by atoms with van der Waals surface area (Å²) in [5, 5.41) is 9.93. The maximum absolute atomic E-state index is 11.1. The number of nitrogens with one attached hydrogen (secondary N) is 1. The van der Waals surface area contributed by atoms with E-state index in [1.165, 1.54) is 12.4 Å². The first kappa shape index (κ1) is 9.44. The number of anilines is 1. The van der Waals surface area contributed by atoms with Crippen molar-refractivity contribution in [3.63, 3.8) is 0 Å². The van der Waals surface area contributed by atoms with Gasteiger partial charge in [0.2, 0.25) is 11.9 Å². The molecule has 1 amide bonds. The minimum atomic E-state index is -0.182. The molecular weight excluding hydrogens is 168 g/mol. The minimum absolute atomic E-state index is 0.182. The van der Waals surface area contributed by atoms with Gasteiger partial charge in [-0.2, -0.15) is 0 Å². The molecule has 0 aliphatic heterocycles. The zero-order valence-corrected chi connectivity index (χ0v) is 7.69. The van der Waals surface area contributed by atoms with E-state index < -0.39 is 0 Å². The highest BCUT2D eigenvalue weighted by atomic mass is 16.1. The first-order valence-corrected chi connectivity index (χ1v) is 4.05. The van der Waals surface area contributed by atoms with Gasteiger partial charge in [-0.15, -0.1) is 10.2 Å². The van der Waals surface area contributed by atoms with Crippen molar-refractivity contribution in [3.05, 3.63) is 18.5 Å². The van der Waals surface area contributed by atoms with Gasteiger partial charge >= 0.3 is 0 Å². The number of carbonyl (C=O) groups is 1. The molecule has 13 heavy (non-hydrogen) atoms. The molecule has 0 spiro atoms. The normalized spacial score (nSPS) is 10.6. The smallest absolute Gasteiger partial charge is 0.250 e. The molecule has 0 radical (unpaired) electrons. The van der Waals surface area contributed by atoms with E-state index in [9.17, 15) is 4.79 Å². The van der Waals surface area contributed by atoms with Crippen molar-refractivity contribution in [2.75, 3.05) is 5.32 Å². The van der Waals surface area contributed by atoms with Crippen molar-refractivity contribution < 1.29 is 4.79 Å². The fourth-order valence-electron chi connectivity index (χ4n) is 0.773. The molecule has 70 valence electrons. The molecule has 1 heterocycles. The van der Waals surface area contributed by atoms with E-state index in [2.05, 4.69) is 15.5 Å². The van der Waals surface area contributed by atoms with Gasteiger partial charge in [-0.3, -0.25) is 10.1 Å². The molecule has 0 unspecified atom stereocenters. The zero-order valence-electron chi connectivity index (χ0n) is 7.69. The van der Waals surface area contributed by atoms with Crippen LogP contribution in [0.3, 0.4) is 0 Å². The quantitative estimate of drug-likeness (QED) is 0.697. The maximum atomic E-state index is 11.1. The van der Waals surface area contributed by atoms with E-state index in [0.717, 1.165) is 6.42 Å². The molecule has 0 aromatic carbocycles. The van der Waals surface area contributed by atoms with Gasteiger partial charge in [0.05, 0.1) is 0 Å². The molecule has 0 bridgehead atoms. The predicted octanol–water partition coefficient (Wildman–Crippen LogP) is 0.720. The lowest BCUT2D eigenvalue weighted by Gasteiger charge is -1.98. The third-order valence-corrected chi connectivity index (χ3v) is 1.45. The molecule has 1 N–H and O–H groups in total. The van der Waals surface area contributed by atoms with Crippen LogP contribution in [0.1, 0.15) is 13.3 Å². The Labute approximate surface area is 76.5 Å². The number of hydrogen-bond donors (Lipinski definition) is 1. The number of aryl methyl sites for hydroxylation is 1. The van der Waals surface area contributed by atoms with Crippen molar-refractivity contribution >= 4 is 11.9 Å². The third-order valence-electron chi connectivity index (χ3n) is 1.45. The highest BCUT2D eigenvalue weighted by molar-refractivity contribution is 5.98. The lowest BCUT2D eigenvalue weighted by atomic mass is 10.4. The zero-order chi connectivity index (χ0) is 9.68. The summed E-state index contributed by atoms with van der Waals surface area (Å²) in [5.74, 6) is 0.267. The molecule has 0 saturated heterocycles. The van der Waals surface area contributed by atoms with E-state index in [1.807, 2.05) is 6.92 Å². The van der Waals surface area contributed by atoms with Crippen molar-refractivity contribution in [1.29, 1.82) is 0 Å². The number of hydrogen-bond acceptors (Lipinski definition) is 3. The van der Waals surface area contributed by atoms with Gasteiger partial charge in [-0.25, -0.2) is 0 Å². The molecule has 1 aromatic rings. The van der Waals surface area contributed by atoms with Gasteiger partial charge < -0.3 is 4.57 Å². The second-order valence-corrected chi connectivity index (χ2v) is 2.57. The van der Waals surface area contributed by atoms with Crippen LogP contribution in [0.5, 0.6) is 0 Å². The van der Waals surface area contributed by atoms with Gasteiger partial charge in [0.1, 0.15) is 6.33 Å². The predicted molar refractivity (Wildman–Crippen MR) is 49.1 cm³/mol. The highest BCUT2D eigenvalue weighted by Gasteiger charge is 2.01. The topological polar surface area (TPSA) is 59.8 Å². The van der Waals surface area contributed by atoms with Crippen molar-refractivity contribution in [3.8, 4) is 0 Å². The van der Waals surface area contributed by atoms with Crippen LogP contribution in [0.25, 0.3) is 0 Å². The number of carbonyl (C=O) groups excluding carboxylic acids is 1. The summed E-state index contributed by atoms with van der Waals surface area (Å²) < 4.78 is 1.64. The standard InChI is InChI=1S/C8H12N4O/c1-3-4-5-7(13)10-8-11-9-6-12(8)2/h4-6H,3H2,1-2H3,(H,10,11,13)/b5-4+. The largest absolute Gasteiger partial charge is 0.303 e. The second-order valence-electron chi connectivity index (χ2n) is 2.57. The van der Waals surface area contributed by atoms with Crippen molar-refractivity contribution in [2.45, 2.75) is 13.3 Å². The van der Waals surface area contributed by atoms with Crippen LogP contribution in [0.15, 0.2) is 18.5 Å². The second kappa shape index (κ2) is 4.39. The molecule has 5 nitrogen and oxygen atoms in total. The number of rotatable bonds is 3. The number of nitrogens with zero attached hydrogens (tertiary/aromatic N) is 3. The van der Waals surface area contributed by atoms with Gasteiger partial charge in [-0.05, 0) is 12.5 Å². The van der Waals surface area contributed by atoms with Crippen LogP contribution in [0.2, 0.25) is 0 Å². The molecule has 0 saturated carbocycles. The summed E-state index contributed by atoms with van der Waals surface area (Å²) in [6.07, 6.45) is 5.63. The minimum Gasteiger partial charge on any atom is -0.303 e. The van der Waals surface area contributed by atoms with Gasteiger partial charge in [0, 0.05) is 7.05 Å². The van der Waals surface area contributed by atoms with Crippen LogP contribution >= 0.6 is 0 Å². The SMILES string of the molecule is CC/C=C/C(=O)Nc1nncn1C. The highest BCUT2D eigenvalue weighted by Crippen LogP contribution is 1.97. The molecule has 0 aliphatic rings. The number of amides is 1. The first-order valence-electron chi connectivity index (χ1n) is 4.05. The molecule has 1 rings (SSSR count). The fraction of sp³-hybridized carbons (Fsp3) is 0.375. The van der Waals surface area contributed by atoms with Crippen LogP contribution < -0.4 is 5.32 Å². The fourth-order valence-corrected chi connectivity index (χ4v) is 0.773. The summed E-state index contributed by atoms with van der Waals surface area (Å²) in [4.78, 5) is 11.1. The Morgan fingerprint density at radius 3 is 3.08 bits per heavy atom. The summed E-state index contributed by atoms with van der Waals surface area (Å²) in [7, 11) is 1.76. The number of allylic oxidation sites excluding steroid dienone is 1. The van der Waals surface area contributed by atoms with Crippen LogP contribution in [0.4, 0.5) is 5.95 Å². The molecule has 0 fully saturated rings. The van der Waals surface area contributed by atoms with Crippen LogP contribution in [0, 0.1) is 0 Å². The summed E-state index contributed by atoms with van der Waals surface area (Å²) in [6.45, 7) is 1.96. The Kier molecular flexibility index (Phi) is 3.19. The molecule has 5 heteroatoms. The monoisotopic (exact) mass is 180 g/mol. The average Bonchev–Trinajstić information content (AvgIpc) is 2.48. The average molecular weight is 180 g/mol. The van der Waals surface area contributed by atoms with E-state index in [0.29, 0.717) is 5.95 Å². The molecule has 0 aliphatic carbocycles. The van der Waals surface area contributed by atoms with E-state index >= 15 is 0 Å². The van der Waals surface area contributed by atoms with Crippen LogP contribution in [-0.2, 0) is 11.8 Å². The molecule has 0 atom stereocenters. The van der Waals surface area contributed by atoms with E-state index in [4.69, 9.17) is 0 Å². The lowest BCUT2D eigenvalue weighted by Crippen LogP contribution is -2.11. The first-order chi connectivity index (χ1) is 6.24. The summed E-state index contributed by atoms with van der Waals surface area (Å²) >= 11 is 0. The van der Waals surface area contributed by atoms with E-state index in [1.54, 1.807) is 17.7 Å². The van der Waals surface area contributed by atoms with Gasteiger partial charge in [0.25, 0.3) is 0 Å². The Hall–Kier alpha value is -1.65. The van der Waals surface area contributed by atoms with E-state index in [-0.39, 0.29) is 5.91 Å². The van der Waals surface area contributed by atoms with Gasteiger partial charge in [0.15, 0.2) is 0 Å². The van der Waals surface area contributed by atoms with Crippen molar-refractivity contribution in [2.24, 2.45) is 7.05 Å². The van der Waals surface area contributed by atoms with Crippen LogP contribution in [-0.4, -0.2) is 20.7 Å². The Bertz CT molecular complexity index is 316. The lowest BCUT2D eigenvalue weighted by molar-refractivity contribution is -0.112. The molecular formula is C8H12N4O. The third kappa shape index (κ3) is 2.70. The Balaban J connectivity index is 2.55. The number of aromatic nitrogens is 3. The Morgan fingerprint density at radius 2 is 2.54 bits per heavy atom. The Morgan fingerprint density at radius 1 is 1.77 bits per heavy atom. The maximum Gasteiger partial charge on any atom is 0.250 e. The van der Waals surface area contributed by atoms with Gasteiger partial charge in [-0.1, -0.05) is 13.0 Å². The van der Waals surface area contributed by atoms with Crippen molar-refractivity contribution in [1.82, 2.24) is 14.8 Å².